The maximum atomic E-state index is 13.1. The molecule has 1 aliphatic heterocycles. The van der Waals surface area contributed by atoms with E-state index in [9.17, 15) is 9.59 Å². The van der Waals surface area contributed by atoms with Gasteiger partial charge in [-0.15, -0.1) is 0 Å². The van der Waals surface area contributed by atoms with Crippen LogP contribution in [-0.2, 0) is 20.9 Å². The van der Waals surface area contributed by atoms with E-state index in [0.29, 0.717) is 19.7 Å². The molecule has 2 amide bonds. The molecule has 1 fully saturated rings. The molecular weight excluding hydrogens is 358 g/mol. The van der Waals surface area contributed by atoms with Crippen LogP contribution in [0.2, 0.25) is 0 Å². The number of hydrogen-bond donors (Lipinski definition) is 0. The minimum atomic E-state index is -0.720. The summed E-state index contributed by atoms with van der Waals surface area (Å²) < 4.78 is 11.3. The number of ether oxygens (including phenoxy) is 2. The second kappa shape index (κ2) is 9.89. The third-order valence-electron chi connectivity index (χ3n) is 4.64. The number of piperazine rings is 1. The van der Waals surface area contributed by atoms with Gasteiger partial charge >= 0.3 is 6.09 Å². The first kappa shape index (κ1) is 22.2. The van der Waals surface area contributed by atoms with Crippen molar-refractivity contribution in [2.75, 3.05) is 46.9 Å². The summed E-state index contributed by atoms with van der Waals surface area (Å²) in [5.74, 6) is -0.102. The molecule has 1 heterocycles. The van der Waals surface area contributed by atoms with E-state index < -0.39 is 17.7 Å². The summed E-state index contributed by atoms with van der Waals surface area (Å²) in [5, 5.41) is 0. The Labute approximate surface area is 168 Å². The number of carbonyl (C=O) groups excluding carboxylic acids is 2. The molecule has 0 N–H and O–H groups in total. The number of hydrogen-bond acceptors (Lipinski definition) is 5. The Hall–Kier alpha value is -2.12. The molecule has 1 aromatic carbocycles. The highest BCUT2D eigenvalue weighted by Gasteiger charge is 2.34. The lowest BCUT2D eigenvalue weighted by atomic mass is 10.2. The van der Waals surface area contributed by atoms with E-state index in [1.807, 2.05) is 58.2 Å². The van der Waals surface area contributed by atoms with E-state index in [4.69, 9.17) is 9.47 Å². The summed E-state index contributed by atoms with van der Waals surface area (Å²) in [6.07, 6.45) is -0.525. The van der Waals surface area contributed by atoms with Gasteiger partial charge in [0.25, 0.3) is 0 Å². The molecule has 156 valence electrons. The molecule has 1 aliphatic rings. The number of carbonyl (C=O) groups is 2. The Morgan fingerprint density at radius 2 is 1.71 bits per heavy atom. The number of likely N-dealkylation sites (N-methyl/N-ethyl adjacent to an activating group) is 2. The number of nitrogens with zero attached hydrogens (tertiary/aromatic N) is 3. The van der Waals surface area contributed by atoms with Crippen LogP contribution in [0, 0.1) is 0 Å². The van der Waals surface area contributed by atoms with Crippen molar-refractivity contribution in [2.45, 2.75) is 39.0 Å². The molecule has 0 radical (unpaired) electrons. The Morgan fingerprint density at radius 1 is 1.11 bits per heavy atom. The lowest BCUT2D eigenvalue weighted by Gasteiger charge is -2.37. The van der Waals surface area contributed by atoms with Crippen molar-refractivity contribution in [3.63, 3.8) is 0 Å². The van der Waals surface area contributed by atoms with Crippen LogP contribution in [0.15, 0.2) is 30.3 Å². The third kappa shape index (κ3) is 6.80. The number of amides is 2. The largest absolute Gasteiger partial charge is 0.444 e. The Kier molecular flexibility index (Phi) is 7.83. The lowest BCUT2D eigenvalue weighted by molar-refractivity contribution is -0.140. The van der Waals surface area contributed by atoms with Gasteiger partial charge in [-0.05, 0) is 33.4 Å². The van der Waals surface area contributed by atoms with Crippen LogP contribution in [0.1, 0.15) is 26.3 Å². The topological polar surface area (TPSA) is 62.3 Å². The van der Waals surface area contributed by atoms with Crippen LogP contribution in [0.4, 0.5) is 4.79 Å². The summed E-state index contributed by atoms with van der Waals surface area (Å²) in [6, 6.07) is 9.04. The van der Waals surface area contributed by atoms with Crippen LogP contribution in [0.3, 0.4) is 0 Å². The molecule has 0 spiro atoms. The maximum Gasteiger partial charge on any atom is 0.410 e. The van der Waals surface area contributed by atoms with E-state index >= 15 is 0 Å². The second-order valence-electron chi connectivity index (χ2n) is 8.24. The van der Waals surface area contributed by atoms with Gasteiger partial charge in [0.2, 0.25) is 5.91 Å². The van der Waals surface area contributed by atoms with E-state index in [1.54, 1.807) is 11.9 Å². The molecule has 1 aromatic rings. The average Bonchev–Trinajstić information content (AvgIpc) is 2.64. The van der Waals surface area contributed by atoms with Gasteiger partial charge < -0.3 is 19.3 Å². The zero-order chi connectivity index (χ0) is 20.7. The van der Waals surface area contributed by atoms with Crippen molar-refractivity contribution in [3.05, 3.63) is 35.9 Å². The molecular formula is C21H33N3O4. The minimum absolute atomic E-state index is 0.102. The second-order valence-corrected chi connectivity index (χ2v) is 8.24. The number of rotatable bonds is 6. The monoisotopic (exact) mass is 391 g/mol. The summed E-state index contributed by atoms with van der Waals surface area (Å²) in [6.45, 7) is 8.86. The Balaban J connectivity index is 2.05. The van der Waals surface area contributed by atoms with Crippen molar-refractivity contribution < 1.29 is 19.1 Å². The first-order chi connectivity index (χ1) is 13.2. The molecule has 0 bridgehead atoms. The fraction of sp³-hybridized carbons (Fsp3) is 0.619. The lowest BCUT2D eigenvalue weighted by Crippen LogP contribution is -2.56. The molecule has 0 aromatic heterocycles. The molecule has 7 nitrogen and oxygen atoms in total. The van der Waals surface area contributed by atoms with Crippen molar-refractivity contribution in [1.82, 2.24) is 14.7 Å². The first-order valence-corrected chi connectivity index (χ1v) is 9.72. The van der Waals surface area contributed by atoms with Crippen molar-refractivity contribution in [2.24, 2.45) is 0 Å². The zero-order valence-corrected chi connectivity index (χ0v) is 17.7. The molecule has 28 heavy (non-hydrogen) atoms. The van der Waals surface area contributed by atoms with Crippen molar-refractivity contribution >= 4 is 12.0 Å². The van der Waals surface area contributed by atoms with Gasteiger partial charge in [-0.1, -0.05) is 30.3 Å². The molecule has 0 aliphatic carbocycles. The third-order valence-corrected chi connectivity index (χ3v) is 4.64. The average molecular weight is 392 g/mol. The predicted molar refractivity (Wildman–Crippen MR) is 108 cm³/mol. The Morgan fingerprint density at radius 3 is 2.29 bits per heavy atom. The molecule has 0 unspecified atom stereocenters. The van der Waals surface area contributed by atoms with Gasteiger partial charge in [-0.3, -0.25) is 9.69 Å². The van der Waals surface area contributed by atoms with E-state index in [-0.39, 0.29) is 12.5 Å². The Bertz CT molecular complexity index is 637. The highest BCUT2D eigenvalue weighted by atomic mass is 16.6. The molecule has 7 heteroatoms. The molecule has 2 rings (SSSR count). The van der Waals surface area contributed by atoms with Crippen molar-refractivity contribution in [3.8, 4) is 0 Å². The van der Waals surface area contributed by atoms with E-state index in [1.165, 1.54) is 4.90 Å². The molecule has 1 atom stereocenters. The summed E-state index contributed by atoms with van der Waals surface area (Å²) >= 11 is 0. The van der Waals surface area contributed by atoms with Gasteiger partial charge in [0.1, 0.15) is 11.6 Å². The predicted octanol–water partition coefficient (Wildman–Crippen LogP) is 2.21. The minimum Gasteiger partial charge on any atom is -0.444 e. The molecule has 1 saturated heterocycles. The fourth-order valence-corrected chi connectivity index (χ4v) is 2.91. The summed E-state index contributed by atoms with van der Waals surface area (Å²) in [7, 11) is 3.63. The smallest absolute Gasteiger partial charge is 0.410 e. The van der Waals surface area contributed by atoms with Crippen LogP contribution >= 0.6 is 0 Å². The highest BCUT2D eigenvalue weighted by molar-refractivity contribution is 5.86. The van der Waals surface area contributed by atoms with E-state index in [2.05, 4.69) is 4.90 Å². The first-order valence-electron chi connectivity index (χ1n) is 9.72. The van der Waals surface area contributed by atoms with Crippen LogP contribution in [-0.4, -0.2) is 85.2 Å². The van der Waals surface area contributed by atoms with Gasteiger partial charge in [0.15, 0.2) is 0 Å². The standard InChI is InChI=1S/C21H33N3O4/c1-21(2,3)28-20(26)23(5)18(16-27-15-17-9-7-6-8-10-17)19(25)24-13-11-22(4)12-14-24/h6-10,18H,11-16H2,1-5H3/t18-/m1/s1. The summed E-state index contributed by atoms with van der Waals surface area (Å²) in [4.78, 5) is 31.0. The number of benzene rings is 1. The normalized spacial score (nSPS) is 16.5. The quantitative estimate of drug-likeness (QED) is 0.744. The fourth-order valence-electron chi connectivity index (χ4n) is 2.91. The van der Waals surface area contributed by atoms with Gasteiger partial charge in [-0.25, -0.2) is 4.79 Å². The van der Waals surface area contributed by atoms with E-state index in [0.717, 1.165) is 18.7 Å². The highest BCUT2D eigenvalue weighted by Crippen LogP contribution is 2.14. The van der Waals surface area contributed by atoms with Gasteiger partial charge in [0, 0.05) is 33.2 Å². The summed E-state index contributed by atoms with van der Waals surface area (Å²) in [5.41, 5.74) is 0.394. The van der Waals surface area contributed by atoms with Gasteiger partial charge in [-0.2, -0.15) is 0 Å². The maximum absolute atomic E-state index is 13.1. The molecule has 0 saturated carbocycles. The van der Waals surface area contributed by atoms with Crippen LogP contribution < -0.4 is 0 Å². The van der Waals surface area contributed by atoms with Crippen molar-refractivity contribution in [1.29, 1.82) is 0 Å². The zero-order valence-electron chi connectivity index (χ0n) is 17.7. The SMILES string of the molecule is CN1CCN(C(=O)[C@@H](COCc2ccccc2)N(C)C(=O)OC(C)(C)C)CC1. The van der Waals surface area contributed by atoms with Crippen LogP contribution in [0.5, 0.6) is 0 Å². The van der Waals surface area contributed by atoms with Gasteiger partial charge in [0.05, 0.1) is 13.2 Å². The van der Waals surface area contributed by atoms with Crippen LogP contribution in [0.25, 0.3) is 0 Å².